The molecule has 0 saturated heterocycles. The summed E-state index contributed by atoms with van der Waals surface area (Å²) in [4.78, 5) is 16.8. The molecule has 0 fully saturated rings. The Kier molecular flexibility index (Phi) is 4.74. The summed E-state index contributed by atoms with van der Waals surface area (Å²) in [5.74, 6) is 0.594. The molecule has 0 unspecified atom stereocenters. The lowest BCUT2D eigenvalue weighted by Gasteiger charge is -2.16. The average Bonchev–Trinajstić information content (AvgIpc) is 3.00. The van der Waals surface area contributed by atoms with Crippen molar-refractivity contribution in [2.45, 2.75) is 40.3 Å². The van der Waals surface area contributed by atoms with Gasteiger partial charge in [0.05, 0.1) is 18.4 Å². The highest BCUT2D eigenvalue weighted by molar-refractivity contribution is 5.80. The molecule has 0 bridgehead atoms. The van der Waals surface area contributed by atoms with E-state index in [4.69, 9.17) is 4.74 Å². The summed E-state index contributed by atoms with van der Waals surface area (Å²) in [5.41, 5.74) is 5.07. The Labute approximate surface area is 147 Å². The predicted molar refractivity (Wildman–Crippen MR) is 97.8 cm³/mol. The van der Waals surface area contributed by atoms with Crippen LogP contribution in [-0.2, 0) is 11.3 Å². The zero-order chi connectivity index (χ0) is 18.0. The molecule has 0 aliphatic carbocycles. The van der Waals surface area contributed by atoms with E-state index in [2.05, 4.69) is 10.3 Å². The Morgan fingerprint density at radius 3 is 2.84 bits per heavy atom. The van der Waals surface area contributed by atoms with Crippen LogP contribution in [-0.4, -0.2) is 21.4 Å². The van der Waals surface area contributed by atoms with Gasteiger partial charge >= 0.3 is 0 Å². The van der Waals surface area contributed by atoms with Crippen LogP contribution in [0, 0.1) is 20.8 Å². The number of amides is 1. The van der Waals surface area contributed by atoms with Crippen molar-refractivity contribution in [3.8, 4) is 5.75 Å². The maximum absolute atomic E-state index is 12.4. The highest BCUT2D eigenvalue weighted by Crippen LogP contribution is 2.20. The number of carbonyl (C=O) groups is 1. The third-order valence-corrected chi connectivity index (χ3v) is 4.27. The number of imidazole rings is 1. The molecule has 0 aliphatic heterocycles. The van der Waals surface area contributed by atoms with Crippen LogP contribution in [0.3, 0.4) is 0 Å². The third kappa shape index (κ3) is 3.65. The molecule has 0 saturated carbocycles. The van der Waals surface area contributed by atoms with Crippen LogP contribution in [0.2, 0.25) is 0 Å². The summed E-state index contributed by atoms with van der Waals surface area (Å²) < 4.78 is 7.82. The fourth-order valence-electron chi connectivity index (χ4n) is 2.73. The molecule has 130 valence electrons. The third-order valence-electron chi connectivity index (χ3n) is 4.27. The fraction of sp³-hybridized carbons (Fsp3) is 0.300. The quantitative estimate of drug-likeness (QED) is 0.777. The molecule has 1 amide bonds. The number of pyridine rings is 1. The van der Waals surface area contributed by atoms with Gasteiger partial charge in [-0.2, -0.15) is 0 Å². The van der Waals surface area contributed by atoms with Crippen molar-refractivity contribution < 1.29 is 9.53 Å². The number of fused-ring (bicyclic) bond motifs is 1. The Morgan fingerprint density at radius 2 is 2.04 bits per heavy atom. The van der Waals surface area contributed by atoms with Crippen LogP contribution in [0.25, 0.3) is 5.65 Å². The maximum atomic E-state index is 12.4. The second kappa shape index (κ2) is 6.97. The molecule has 1 N–H and O–H groups in total. The normalized spacial score (nSPS) is 12.2. The molecular weight excluding hydrogens is 314 g/mol. The minimum absolute atomic E-state index is 0.150. The highest BCUT2D eigenvalue weighted by atomic mass is 16.5. The molecule has 3 aromatic rings. The van der Waals surface area contributed by atoms with Crippen LogP contribution in [0.4, 0.5) is 0 Å². The predicted octanol–water partition coefficient (Wildman–Crippen LogP) is 3.34. The number of nitrogens with one attached hydrogen (secondary N) is 1. The van der Waals surface area contributed by atoms with Crippen molar-refractivity contribution in [2.24, 2.45) is 0 Å². The Balaban J connectivity index is 1.65. The molecule has 5 heteroatoms. The second-order valence-electron chi connectivity index (χ2n) is 6.38. The number of benzene rings is 1. The van der Waals surface area contributed by atoms with Crippen LogP contribution < -0.4 is 10.1 Å². The molecule has 2 heterocycles. The van der Waals surface area contributed by atoms with Crippen LogP contribution in [0.5, 0.6) is 5.75 Å². The Bertz CT molecular complexity index is 914. The molecule has 3 rings (SSSR count). The first kappa shape index (κ1) is 17.0. The first-order chi connectivity index (χ1) is 12.0. The SMILES string of the molecule is Cc1ccc(C)c(O[C@@H](C)C(=O)NCc2cnc3c(C)cccn23)c1. The monoisotopic (exact) mass is 337 g/mol. The Hall–Kier alpha value is -2.82. The minimum atomic E-state index is -0.568. The zero-order valence-electron chi connectivity index (χ0n) is 15.0. The molecular formula is C20H23N3O2. The molecule has 0 aliphatic rings. The molecule has 0 spiro atoms. The van der Waals surface area contributed by atoms with Gasteiger partial charge in [-0.15, -0.1) is 0 Å². The molecule has 25 heavy (non-hydrogen) atoms. The van der Waals surface area contributed by atoms with Crippen LogP contribution in [0.15, 0.2) is 42.7 Å². The standard InChI is InChI=1S/C20H23N3O2/c1-13-7-8-14(2)18(10-13)25-16(4)20(24)22-12-17-11-21-19-15(3)6-5-9-23(17)19/h5-11,16H,12H2,1-4H3,(H,22,24)/t16-/m0/s1. The molecule has 1 aromatic carbocycles. The van der Waals surface area contributed by atoms with Crippen LogP contribution >= 0.6 is 0 Å². The summed E-state index contributed by atoms with van der Waals surface area (Å²) in [7, 11) is 0. The van der Waals surface area contributed by atoms with Crippen LogP contribution in [0.1, 0.15) is 29.3 Å². The summed E-state index contributed by atoms with van der Waals surface area (Å²) in [6.07, 6.45) is 3.17. The number of carbonyl (C=O) groups excluding carboxylic acids is 1. The minimum Gasteiger partial charge on any atom is -0.481 e. The zero-order valence-corrected chi connectivity index (χ0v) is 15.0. The number of aryl methyl sites for hydroxylation is 3. The van der Waals surface area contributed by atoms with E-state index in [9.17, 15) is 4.79 Å². The molecule has 5 nitrogen and oxygen atoms in total. The van der Waals surface area contributed by atoms with Gasteiger partial charge in [-0.3, -0.25) is 4.79 Å². The van der Waals surface area contributed by atoms with E-state index in [0.717, 1.165) is 33.8 Å². The number of rotatable bonds is 5. The van der Waals surface area contributed by atoms with E-state index in [1.165, 1.54) is 0 Å². The second-order valence-corrected chi connectivity index (χ2v) is 6.38. The van der Waals surface area contributed by atoms with Crippen molar-refractivity contribution in [1.29, 1.82) is 0 Å². The molecule has 1 atom stereocenters. The van der Waals surface area contributed by atoms with Gasteiger partial charge in [0.1, 0.15) is 11.4 Å². The number of aromatic nitrogens is 2. The van der Waals surface area contributed by atoms with Crippen molar-refractivity contribution in [3.05, 3.63) is 65.1 Å². The van der Waals surface area contributed by atoms with Gasteiger partial charge < -0.3 is 14.5 Å². The smallest absolute Gasteiger partial charge is 0.261 e. The molecule has 2 aromatic heterocycles. The number of nitrogens with zero attached hydrogens (tertiary/aromatic N) is 2. The maximum Gasteiger partial charge on any atom is 0.261 e. The average molecular weight is 337 g/mol. The van der Waals surface area contributed by atoms with Gasteiger partial charge in [0.25, 0.3) is 5.91 Å². The lowest BCUT2D eigenvalue weighted by Crippen LogP contribution is -2.36. The van der Waals surface area contributed by atoms with Crippen molar-refractivity contribution in [1.82, 2.24) is 14.7 Å². The molecule has 0 radical (unpaired) electrons. The van der Waals surface area contributed by atoms with Crippen molar-refractivity contribution in [2.75, 3.05) is 0 Å². The fourth-order valence-corrected chi connectivity index (χ4v) is 2.73. The van der Waals surface area contributed by atoms with E-state index in [-0.39, 0.29) is 5.91 Å². The van der Waals surface area contributed by atoms with E-state index in [0.29, 0.717) is 6.54 Å². The van der Waals surface area contributed by atoms with E-state index < -0.39 is 6.10 Å². The van der Waals surface area contributed by atoms with Gasteiger partial charge in [0, 0.05) is 6.20 Å². The number of hydrogen-bond donors (Lipinski definition) is 1. The van der Waals surface area contributed by atoms with Gasteiger partial charge in [-0.05, 0) is 56.5 Å². The van der Waals surface area contributed by atoms with Crippen molar-refractivity contribution in [3.63, 3.8) is 0 Å². The highest BCUT2D eigenvalue weighted by Gasteiger charge is 2.16. The topological polar surface area (TPSA) is 55.6 Å². The summed E-state index contributed by atoms with van der Waals surface area (Å²) >= 11 is 0. The summed E-state index contributed by atoms with van der Waals surface area (Å²) in [6.45, 7) is 8.16. The van der Waals surface area contributed by atoms with Crippen molar-refractivity contribution >= 4 is 11.6 Å². The van der Waals surface area contributed by atoms with Gasteiger partial charge in [0.15, 0.2) is 6.10 Å². The van der Waals surface area contributed by atoms with Gasteiger partial charge in [-0.25, -0.2) is 4.98 Å². The number of ether oxygens (including phenoxy) is 1. The lowest BCUT2D eigenvalue weighted by molar-refractivity contribution is -0.127. The Morgan fingerprint density at radius 1 is 1.24 bits per heavy atom. The van der Waals surface area contributed by atoms with E-state index in [1.807, 2.05) is 61.7 Å². The first-order valence-electron chi connectivity index (χ1n) is 8.39. The van der Waals surface area contributed by atoms with Gasteiger partial charge in [0.2, 0.25) is 0 Å². The van der Waals surface area contributed by atoms with E-state index in [1.54, 1.807) is 13.1 Å². The lowest BCUT2D eigenvalue weighted by atomic mass is 10.1. The summed E-state index contributed by atoms with van der Waals surface area (Å²) in [6, 6.07) is 9.97. The van der Waals surface area contributed by atoms with Gasteiger partial charge in [-0.1, -0.05) is 18.2 Å². The largest absolute Gasteiger partial charge is 0.481 e. The van der Waals surface area contributed by atoms with E-state index >= 15 is 0 Å². The summed E-state index contributed by atoms with van der Waals surface area (Å²) in [5, 5.41) is 2.93. The first-order valence-corrected chi connectivity index (χ1v) is 8.39. The number of hydrogen-bond acceptors (Lipinski definition) is 3.